The van der Waals surface area contributed by atoms with Crippen molar-refractivity contribution in [1.29, 1.82) is 0 Å². The minimum atomic E-state index is -1.26. The van der Waals surface area contributed by atoms with E-state index >= 15 is 0 Å². The highest BCUT2D eigenvalue weighted by Crippen LogP contribution is 2.31. The van der Waals surface area contributed by atoms with Gasteiger partial charge in [-0.05, 0) is 24.9 Å². The lowest BCUT2D eigenvalue weighted by Crippen LogP contribution is -2.44. The van der Waals surface area contributed by atoms with Gasteiger partial charge in [0.25, 0.3) is 5.56 Å². The van der Waals surface area contributed by atoms with Gasteiger partial charge in [0.15, 0.2) is 0 Å². The smallest absolute Gasteiger partial charge is 0.328 e. The molecule has 0 amide bonds. The van der Waals surface area contributed by atoms with Gasteiger partial charge in [-0.3, -0.25) is 4.79 Å². The zero-order valence-electron chi connectivity index (χ0n) is 11.9. The molecule has 3 N–H and O–H groups in total. The minimum absolute atomic E-state index is 0.166. The van der Waals surface area contributed by atoms with E-state index in [-0.39, 0.29) is 5.56 Å². The molecule has 22 heavy (non-hydrogen) atoms. The monoisotopic (exact) mass is 306 g/mol. The molecule has 0 aliphatic carbocycles. The van der Waals surface area contributed by atoms with Crippen LogP contribution in [0.5, 0.6) is 0 Å². The second-order valence-electron chi connectivity index (χ2n) is 5.37. The molecule has 3 heterocycles. The molecule has 2 bridgehead atoms. The molecule has 1 aromatic rings. The van der Waals surface area contributed by atoms with E-state index in [1.807, 2.05) is 10.6 Å². The number of piperidine rings is 1. The number of carboxylic acid groups (broad SMARTS) is 2. The van der Waals surface area contributed by atoms with Crippen LogP contribution in [0.2, 0.25) is 0 Å². The molecule has 3 rings (SSSR count). The quantitative estimate of drug-likeness (QED) is 0.677. The predicted molar refractivity (Wildman–Crippen MR) is 78.8 cm³/mol. The summed E-state index contributed by atoms with van der Waals surface area (Å²) in [4.78, 5) is 30.7. The van der Waals surface area contributed by atoms with Crippen molar-refractivity contribution in [3.63, 3.8) is 0 Å². The lowest BCUT2D eigenvalue weighted by Gasteiger charge is -2.37. The minimum Gasteiger partial charge on any atom is -0.478 e. The Morgan fingerprint density at radius 3 is 2.50 bits per heavy atom. The normalized spacial score (nSPS) is 22.4. The molecular formula is C15H18N2O5. The van der Waals surface area contributed by atoms with Crippen LogP contribution in [0.3, 0.4) is 0 Å². The lowest BCUT2D eigenvalue weighted by molar-refractivity contribution is -0.134. The number of pyridine rings is 1. The molecule has 1 saturated heterocycles. The van der Waals surface area contributed by atoms with Gasteiger partial charge >= 0.3 is 11.9 Å². The van der Waals surface area contributed by atoms with Crippen LogP contribution >= 0.6 is 0 Å². The number of fused-ring (bicyclic) bond motifs is 4. The molecule has 1 fully saturated rings. The fourth-order valence-corrected chi connectivity index (χ4v) is 2.88. The first-order valence-corrected chi connectivity index (χ1v) is 7.01. The zero-order valence-corrected chi connectivity index (χ0v) is 11.9. The fourth-order valence-electron chi connectivity index (χ4n) is 2.88. The van der Waals surface area contributed by atoms with Crippen molar-refractivity contribution in [3.8, 4) is 0 Å². The molecule has 2 unspecified atom stereocenters. The Hall–Kier alpha value is -2.41. The Labute approximate surface area is 126 Å². The van der Waals surface area contributed by atoms with Crippen molar-refractivity contribution in [1.82, 2.24) is 9.88 Å². The van der Waals surface area contributed by atoms with Crippen LogP contribution in [0.15, 0.2) is 35.1 Å². The first-order chi connectivity index (χ1) is 10.5. The molecule has 0 spiro atoms. The highest BCUT2D eigenvalue weighted by molar-refractivity contribution is 5.89. The Morgan fingerprint density at radius 1 is 1.18 bits per heavy atom. The second kappa shape index (κ2) is 7.04. The number of nitrogens with zero attached hydrogens (tertiary/aromatic N) is 1. The van der Waals surface area contributed by atoms with Crippen molar-refractivity contribution >= 4 is 11.9 Å². The second-order valence-corrected chi connectivity index (χ2v) is 5.37. The number of aromatic nitrogens is 1. The maximum atomic E-state index is 11.6. The van der Waals surface area contributed by atoms with Crippen LogP contribution in [0.4, 0.5) is 0 Å². The van der Waals surface area contributed by atoms with E-state index < -0.39 is 11.9 Å². The van der Waals surface area contributed by atoms with Crippen LogP contribution in [-0.2, 0) is 16.1 Å². The van der Waals surface area contributed by atoms with Gasteiger partial charge < -0.3 is 20.1 Å². The Balaban J connectivity index is 0.000000192. The summed E-state index contributed by atoms with van der Waals surface area (Å²) in [5.41, 5.74) is 1.39. The first kappa shape index (κ1) is 16.0. The summed E-state index contributed by atoms with van der Waals surface area (Å²) in [6.45, 7) is 3.00. The van der Waals surface area contributed by atoms with Crippen molar-refractivity contribution in [2.24, 2.45) is 5.92 Å². The number of carbonyl (C=O) groups is 2. The zero-order chi connectivity index (χ0) is 16.1. The number of nitrogens with one attached hydrogen (secondary N) is 1. The SMILES string of the molecule is O=C(O)/C=C\C(=O)O.O=c1cccc2n1CC1CNCC2C1. The average molecular weight is 306 g/mol. The van der Waals surface area contributed by atoms with Gasteiger partial charge in [-0.2, -0.15) is 0 Å². The van der Waals surface area contributed by atoms with Gasteiger partial charge in [0, 0.05) is 42.9 Å². The molecule has 0 aromatic carbocycles. The topological polar surface area (TPSA) is 109 Å². The van der Waals surface area contributed by atoms with Crippen LogP contribution < -0.4 is 10.9 Å². The lowest BCUT2D eigenvalue weighted by atomic mass is 9.84. The summed E-state index contributed by atoms with van der Waals surface area (Å²) in [6.07, 6.45) is 2.36. The van der Waals surface area contributed by atoms with Crippen LogP contribution in [0.1, 0.15) is 18.0 Å². The van der Waals surface area contributed by atoms with E-state index in [4.69, 9.17) is 10.2 Å². The van der Waals surface area contributed by atoms with E-state index in [1.54, 1.807) is 6.07 Å². The Kier molecular flexibility index (Phi) is 5.11. The van der Waals surface area contributed by atoms with E-state index in [1.165, 1.54) is 12.1 Å². The summed E-state index contributed by atoms with van der Waals surface area (Å²) in [6, 6.07) is 5.64. The Bertz CT molecular complexity index is 634. The molecule has 7 heteroatoms. The molecule has 0 radical (unpaired) electrons. The molecule has 7 nitrogen and oxygen atoms in total. The summed E-state index contributed by atoms with van der Waals surface area (Å²) in [5, 5.41) is 19.1. The predicted octanol–water partition coefficient (Wildman–Crippen LogP) is 0.267. The first-order valence-electron chi connectivity index (χ1n) is 7.01. The van der Waals surface area contributed by atoms with Gasteiger partial charge in [0.05, 0.1) is 0 Å². The number of carboxylic acids is 2. The van der Waals surface area contributed by atoms with E-state index in [0.29, 0.717) is 24.0 Å². The van der Waals surface area contributed by atoms with Gasteiger partial charge in [-0.15, -0.1) is 0 Å². The van der Waals surface area contributed by atoms with Crippen molar-refractivity contribution in [2.75, 3.05) is 13.1 Å². The number of aliphatic carboxylic acids is 2. The van der Waals surface area contributed by atoms with Gasteiger partial charge in [0.2, 0.25) is 0 Å². The summed E-state index contributed by atoms with van der Waals surface area (Å²) < 4.78 is 1.96. The van der Waals surface area contributed by atoms with Gasteiger partial charge in [-0.25, -0.2) is 9.59 Å². The molecule has 2 atom stereocenters. The number of hydrogen-bond donors (Lipinski definition) is 3. The third-order valence-electron chi connectivity index (χ3n) is 3.75. The van der Waals surface area contributed by atoms with E-state index in [9.17, 15) is 14.4 Å². The summed E-state index contributed by atoms with van der Waals surface area (Å²) >= 11 is 0. The van der Waals surface area contributed by atoms with Crippen molar-refractivity contribution < 1.29 is 19.8 Å². The summed E-state index contributed by atoms with van der Waals surface area (Å²) in [7, 11) is 0. The molecular weight excluding hydrogens is 288 g/mol. The van der Waals surface area contributed by atoms with E-state index in [0.717, 1.165) is 19.6 Å². The highest BCUT2D eigenvalue weighted by Gasteiger charge is 2.30. The third kappa shape index (κ3) is 4.05. The van der Waals surface area contributed by atoms with E-state index in [2.05, 4.69) is 11.4 Å². The molecule has 2 aliphatic heterocycles. The van der Waals surface area contributed by atoms with Gasteiger partial charge in [0.1, 0.15) is 0 Å². The number of rotatable bonds is 2. The molecule has 2 aliphatic rings. The molecule has 1 aromatic heterocycles. The largest absolute Gasteiger partial charge is 0.478 e. The molecule has 118 valence electrons. The highest BCUT2D eigenvalue weighted by atomic mass is 16.4. The maximum absolute atomic E-state index is 11.6. The average Bonchev–Trinajstić information content (AvgIpc) is 2.47. The van der Waals surface area contributed by atoms with Crippen molar-refractivity contribution in [3.05, 3.63) is 46.4 Å². The van der Waals surface area contributed by atoms with Crippen molar-refractivity contribution in [2.45, 2.75) is 18.9 Å². The van der Waals surface area contributed by atoms with Gasteiger partial charge in [-0.1, -0.05) is 6.07 Å². The fraction of sp³-hybridized carbons (Fsp3) is 0.400. The van der Waals surface area contributed by atoms with Crippen LogP contribution in [0, 0.1) is 5.92 Å². The Morgan fingerprint density at radius 2 is 1.86 bits per heavy atom. The number of hydrogen-bond acceptors (Lipinski definition) is 4. The summed E-state index contributed by atoms with van der Waals surface area (Å²) in [5.74, 6) is -1.31. The molecule has 0 saturated carbocycles. The van der Waals surface area contributed by atoms with Crippen LogP contribution in [0.25, 0.3) is 0 Å². The standard InChI is InChI=1S/C11H14N2O.C4H4O4/c14-11-3-1-2-10-9-4-8(5-12-6-9)7-13(10)11;5-3(6)1-2-4(7)8/h1-3,8-9,12H,4-7H2;1-2H,(H,5,6)(H,7,8)/b;2-1-. The van der Waals surface area contributed by atoms with Crippen LogP contribution in [-0.4, -0.2) is 39.8 Å². The maximum Gasteiger partial charge on any atom is 0.328 e. The third-order valence-corrected chi connectivity index (χ3v) is 3.75.